The van der Waals surface area contributed by atoms with Crippen molar-refractivity contribution >= 4 is 11.6 Å². The average Bonchev–Trinajstić information content (AvgIpc) is 2.28. The molecule has 0 bridgehead atoms. The number of rotatable bonds is 4. The molecular formula is C11H14N2O4. The number of aryl methyl sites for hydroxylation is 1. The highest BCUT2D eigenvalue weighted by Crippen LogP contribution is 2.17. The van der Waals surface area contributed by atoms with Gasteiger partial charge in [-0.15, -0.1) is 0 Å². The van der Waals surface area contributed by atoms with Gasteiger partial charge in [0.2, 0.25) is 0 Å². The summed E-state index contributed by atoms with van der Waals surface area (Å²) in [7, 11) is 0. The first kappa shape index (κ1) is 13.1. The van der Waals surface area contributed by atoms with Crippen LogP contribution < -0.4 is 5.32 Å². The van der Waals surface area contributed by atoms with E-state index in [-0.39, 0.29) is 23.9 Å². The second kappa shape index (κ2) is 5.40. The van der Waals surface area contributed by atoms with Crippen molar-refractivity contribution in [3.05, 3.63) is 39.4 Å². The Morgan fingerprint density at radius 1 is 1.59 bits per heavy atom. The van der Waals surface area contributed by atoms with E-state index >= 15 is 0 Å². The standard InChI is InChI=1S/C11H14N2O4/c1-7-3-4-9(13(16)17)5-10(7)11(15)12-8(2)6-14/h3-5,8,14H,6H2,1-2H3,(H,12,15)/t8-/m0/s1. The van der Waals surface area contributed by atoms with Crippen LogP contribution in [-0.4, -0.2) is 28.6 Å². The summed E-state index contributed by atoms with van der Waals surface area (Å²) in [5, 5.41) is 22.0. The normalized spacial score (nSPS) is 11.9. The fourth-order valence-corrected chi connectivity index (χ4v) is 1.32. The Morgan fingerprint density at radius 3 is 2.76 bits per heavy atom. The maximum atomic E-state index is 11.8. The zero-order valence-corrected chi connectivity index (χ0v) is 9.64. The van der Waals surface area contributed by atoms with Crippen LogP contribution in [0, 0.1) is 17.0 Å². The van der Waals surface area contributed by atoms with Crippen LogP contribution >= 0.6 is 0 Å². The van der Waals surface area contributed by atoms with Crippen molar-refractivity contribution in [3.63, 3.8) is 0 Å². The fourth-order valence-electron chi connectivity index (χ4n) is 1.32. The minimum atomic E-state index is -0.550. The first-order valence-corrected chi connectivity index (χ1v) is 5.12. The Labute approximate surface area is 98.4 Å². The molecule has 0 heterocycles. The number of aliphatic hydroxyl groups is 1. The minimum absolute atomic E-state index is 0.127. The zero-order valence-electron chi connectivity index (χ0n) is 9.64. The topological polar surface area (TPSA) is 92.5 Å². The quantitative estimate of drug-likeness (QED) is 0.605. The van der Waals surface area contributed by atoms with Gasteiger partial charge in [0.05, 0.1) is 11.5 Å². The Hall–Kier alpha value is -1.95. The Morgan fingerprint density at radius 2 is 2.24 bits per heavy atom. The van der Waals surface area contributed by atoms with Gasteiger partial charge in [0.15, 0.2) is 0 Å². The van der Waals surface area contributed by atoms with E-state index < -0.39 is 10.8 Å². The van der Waals surface area contributed by atoms with Gasteiger partial charge in [-0.1, -0.05) is 6.07 Å². The van der Waals surface area contributed by atoms with E-state index in [1.165, 1.54) is 18.2 Å². The van der Waals surface area contributed by atoms with Crippen LogP contribution in [0.15, 0.2) is 18.2 Å². The van der Waals surface area contributed by atoms with E-state index in [1.807, 2.05) is 0 Å². The van der Waals surface area contributed by atoms with E-state index in [2.05, 4.69) is 5.32 Å². The van der Waals surface area contributed by atoms with Crippen molar-refractivity contribution in [2.75, 3.05) is 6.61 Å². The second-order valence-corrected chi connectivity index (χ2v) is 3.81. The van der Waals surface area contributed by atoms with Crippen molar-refractivity contribution in [1.29, 1.82) is 0 Å². The monoisotopic (exact) mass is 238 g/mol. The molecule has 1 rings (SSSR count). The van der Waals surface area contributed by atoms with Crippen LogP contribution in [0.2, 0.25) is 0 Å². The van der Waals surface area contributed by atoms with Gasteiger partial charge in [0.25, 0.3) is 11.6 Å². The van der Waals surface area contributed by atoms with Gasteiger partial charge in [-0.2, -0.15) is 0 Å². The van der Waals surface area contributed by atoms with E-state index in [0.29, 0.717) is 5.56 Å². The van der Waals surface area contributed by atoms with Gasteiger partial charge >= 0.3 is 0 Å². The van der Waals surface area contributed by atoms with E-state index in [9.17, 15) is 14.9 Å². The lowest BCUT2D eigenvalue weighted by atomic mass is 10.1. The molecule has 1 atom stereocenters. The lowest BCUT2D eigenvalue weighted by molar-refractivity contribution is -0.384. The summed E-state index contributed by atoms with van der Waals surface area (Å²) < 4.78 is 0. The molecule has 0 aliphatic carbocycles. The molecule has 0 fully saturated rings. The van der Waals surface area contributed by atoms with Crippen LogP contribution in [-0.2, 0) is 0 Å². The van der Waals surface area contributed by atoms with E-state index in [4.69, 9.17) is 5.11 Å². The molecule has 1 aromatic rings. The van der Waals surface area contributed by atoms with Crippen molar-refractivity contribution in [2.24, 2.45) is 0 Å². The number of carbonyl (C=O) groups excluding carboxylic acids is 1. The molecule has 6 heteroatoms. The molecule has 0 aromatic heterocycles. The zero-order chi connectivity index (χ0) is 13.0. The number of non-ortho nitro benzene ring substituents is 1. The minimum Gasteiger partial charge on any atom is -0.394 e. The Bertz CT molecular complexity index is 445. The molecule has 17 heavy (non-hydrogen) atoms. The Kier molecular flexibility index (Phi) is 4.17. The number of amides is 1. The van der Waals surface area contributed by atoms with Crippen molar-refractivity contribution < 1.29 is 14.8 Å². The lowest BCUT2D eigenvalue weighted by Gasteiger charge is -2.11. The van der Waals surface area contributed by atoms with Gasteiger partial charge < -0.3 is 10.4 Å². The molecule has 92 valence electrons. The number of carbonyl (C=O) groups is 1. The number of nitrogens with zero attached hydrogens (tertiary/aromatic N) is 1. The molecule has 0 aliphatic rings. The molecule has 1 amide bonds. The molecular weight excluding hydrogens is 224 g/mol. The van der Waals surface area contributed by atoms with Gasteiger partial charge in [-0.05, 0) is 19.4 Å². The molecule has 0 saturated carbocycles. The van der Waals surface area contributed by atoms with Crippen molar-refractivity contribution in [2.45, 2.75) is 19.9 Å². The van der Waals surface area contributed by atoms with Crippen LogP contribution in [0.25, 0.3) is 0 Å². The van der Waals surface area contributed by atoms with Crippen LogP contribution in [0.1, 0.15) is 22.8 Å². The third-order valence-corrected chi connectivity index (χ3v) is 2.33. The summed E-state index contributed by atoms with van der Waals surface area (Å²) in [4.78, 5) is 21.8. The predicted octanol–water partition coefficient (Wildman–Crippen LogP) is 1.01. The highest BCUT2D eigenvalue weighted by Gasteiger charge is 2.15. The fraction of sp³-hybridized carbons (Fsp3) is 0.364. The SMILES string of the molecule is Cc1ccc([N+](=O)[O-])cc1C(=O)N[C@@H](C)CO. The largest absolute Gasteiger partial charge is 0.394 e. The molecule has 0 spiro atoms. The first-order valence-electron chi connectivity index (χ1n) is 5.12. The van der Waals surface area contributed by atoms with E-state index in [0.717, 1.165) is 0 Å². The van der Waals surface area contributed by atoms with Gasteiger partial charge in [-0.25, -0.2) is 0 Å². The highest BCUT2D eigenvalue weighted by atomic mass is 16.6. The second-order valence-electron chi connectivity index (χ2n) is 3.81. The van der Waals surface area contributed by atoms with E-state index in [1.54, 1.807) is 13.8 Å². The number of nitro benzene ring substituents is 1. The third-order valence-electron chi connectivity index (χ3n) is 2.33. The summed E-state index contributed by atoms with van der Waals surface area (Å²) >= 11 is 0. The third kappa shape index (κ3) is 3.25. The van der Waals surface area contributed by atoms with Crippen LogP contribution in [0.5, 0.6) is 0 Å². The van der Waals surface area contributed by atoms with Crippen LogP contribution in [0.3, 0.4) is 0 Å². The maximum Gasteiger partial charge on any atom is 0.270 e. The summed E-state index contributed by atoms with van der Waals surface area (Å²) in [5.41, 5.74) is 0.773. The maximum absolute atomic E-state index is 11.8. The number of nitro groups is 1. The molecule has 2 N–H and O–H groups in total. The molecule has 0 unspecified atom stereocenters. The lowest BCUT2D eigenvalue weighted by Crippen LogP contribution is -2.35. The predicted molar refractivity (Wildman–Crippen MR) is 61.8 cm³/mol. The summed E-state index contributed by atoms with van der Waals surface area (Å²) in [5.74, 6) is -0.423. The van der Waals surface area contributed by atoms with Crippen molar-refractivity contribution in [1.82, 2.24) is 5.32 Å². The summed E-state index contributed by atoms with van der Waals surface area (Å²) in [6.07, 6.45) is 0. The van der Waals surface area contributed by atoms with Gasteiger partial charge in [0.1, 0.15) is 0 Å². The average molecular weight is 238 g/mol. The molecule has 0 aliphatic heterocycles. The number of hydrogen-bond acceptors (Lipinski definition) is 4. The first-order chi connectivity index (χ1) is 7.95. The number of nitrogens with one attached hydrogen (secondary N) is 1. The Balaban J connectivity index is 3.00. The number of hydrogen-bond donors (Lipinski definition) is 2. The smallest absolute Gasteiger partial charge is 0.270 e. The van der Waals surface area contributed by atoms with Gasteiger partial charge in [0, 0.05) is 23.7 Å². The van der Waals surface area contributed by atoms with Gasteiger partial charge in [-0.3, -0.25) is 14.9 Å². The summed E-state index contributed by atoms with van der Waals surface area (Å²) in [6.45, 7) is 3.16. The van der Waals surface area contributed by atoms with Crippen LogP contribution in [0.4, 0.5) is 5.69 Å². The number of aliphatic hydroxyl groups excluding tert-OH is 1. The highest BCUT2D eigenvalue weighted by molar-refractivity contribution is 5.96. The molecule has 1 aromatic carbocycles. The molecule has 0 saturated heterocycles. The molecule has 0 radical (unpaired) electrons. The number of benzene rings is 1. The summed E-state index contributed by atoms with van der Waals surface area (Å²) in [6, 6.07) is 3.72. The van der Waals surface area contributed by atoms with Crippen molar-refractivity contribution in [3.8, 4) is 0 Å². The molecule has 6 nitrogen and oxygen atoms in total.